The number of ether oxygens (including phenoxy) is 1. The van der Waals surface area contributed by atoms with E-state index in [-0.39, 0.29) is 30.0 Å². The largest absolute Gasteiger partial charge is 0.495 e. The van der Waals surface area contributed by atoms with Crippen LogP contribution in [0.15, 0.2) is 18.2 Å². The summed E-state index contributed by atoms with van der Waals surface area (Å²) in [6.45, 7) is 0.0548. The predicted octanol–water partition coefficient (Wildman–Crippen LogP) is 1.06. The second-order valence-corrected chi connectivity index (χ2v) is 7.51. The quantitative estimate of drug-likeness (QED) is 0.842. The van der Waals surface area contributed by atoms with Gasteiger partial charge in [-0.15, -0.1) is 0 Å². The summed E-state index contributed by atoms with van der Waals surface area (Å²) >= 11 is 5.98. The van der Waals surface area contributed by atoms with E-state index in [1.165, 1.54) is 7.11 Å². The normalized spacial score (nSPS) is 20.0. The van der Waals surface area contributed by atoms with E-state index in [0.717, 1.165) is 0 Å². The van der Waals surface area contributed by atoms with E-state index in [9.17, 15) is 13.2 Å². The first-order valence-corrected chi connectivity index (χ1v) is 8.67. The Morgan fingerprint density at radius 2 is 2.24 bits per heavy atom. The Hall–Kier alpha value is -1.47. The van der Waals surface area contributed by atoms with E-state index in [0.29, 0.717) is 22.9 Å². The summed E-state index contributed by atoms with van der Waals surface area (Å²) in [5.41, 5.74) is 0.690. The summed E-state index contributed by atoms with van der Waals surface area (Å²) in [6.07, 6.45) is 0.475. The molecule has 0 saturated carbocycles. The van der Waals surface area contributed by atoms with Gasteiger partial charge < -0.3 is 15.4 Å². The van der Waals surface area contributed by atoms with Crippen LogP contribution in [0.2, 0.25) is 5.02 Å². The maximum absolute atomic E-state index is 11.8. The van der Waals surface area contributed by atoms with Crippen LogP contribution in [-0.4, -0.2) is 45.5 Å². The fourth-order valence-corrected chi connectivity index (χ4v) is 4.08. The van der Waals surface area contributed by atoms with E-state index in [1.807, 2.05) is 0 Å². The summed E-state index contributed by atoms with van der Waals surface area (Å²) in [5, 5.41) is 6.08. The lowest BCUT2D eigenvalue weighted by Crippen LogP contribution is -2.39. The molecule has 21 heavy (non-hydrogen) atoms. The Kier molecular flexibility index (Phi) is 4.95. The molecule has 1 amide bonds. The number of hydrogen-bond acceptors (Lipinski definition) is 5. The summed E-state index contributed by atoms with van der Waals surface area (Å²) in [6, 6.07) is 4.82. The standard InChI is InChI=1S/C13H17ClN2O4S/c1-20-12-3-2-9(6-11(12)14)15-7-13(17)16-10-4-5-21(18,19)8-10/h2-3,6,10,15H,4-5,7-8H2,1H3,(H,16,17). The SMILES string of the molecule is COc1ccc(NCC(=O)NC2CCS(=O)(=O)C2)cc1Cl. The molecule has 1 heterocycles. The van der Waals surface area contributed by atoms with Crippen LogP contribution in [0.4, 0.5) is 5.69 Å². The molecule has 1 aliphatic heterocycles. The van der Waals surface area contributed by atoms with E-state index in [2.05, 4.69) is 10.6 Å². The summed E-state index contributed by atoms with van der Waals surface area (Å²) in [4.78, 5) is 11.8. The molecule has 0 aromatic heterocycles. The third-order valence-electron chi connectivity index (χ3n) is 3.20. The molecule has 0 radical (unpaired) electrons. The molecule has 8 heteroatoms. The van der Waals surface area contributed by atoms with Crippen LogP contribution in [0, 0.1) is 0 Å². The van der Waals surface area contributed by atoms with Gasteiger partial charge in [0.05, 0.1) is 30.2 Å². The number of sulfone groups is 1. The monoisotopic (exact) mass is 332 g/mol. The Morgan fingerprint density at radius 1 is 1.48 bits per heavy atom. The number of anilines is 1. The summed E-state index contributed by atoms with van der Waals surface area (Å²) < 4.78 is 27.7. The molecule has 1 fully saturated rings. The molecule has 0 aliphatic carbocycles. The minimum atomic E-state index is -2.99. The van der Waals surface area contributed by atoms with Gasteiger partial charge in [0, 0.05) is 11.7 Å². The minimum absolute atomic E-state index is 0.0209. The summed E-state index contributed by atoms with van der Waals surface area (Å²) in [7, 11) is -1.46. The van der Waals surface area contributed by atoms with Crippen LogP contribution < -0.4 is 15.4 Å². The zero-order chi connectivity index (χ0) is 15.5. The van der Waals surface area contributed by atoms with Gasteiger partial charge in [-0.25, -0.2) is 8.42 Å². The number of rotatable bonds is 5. The number of amides is 1. The van der Waals surface area contributed by atoms with Crippen molar-refractivity contribution in [3.8, 4) is 5.75 Å². The molecule has 0 spiro atoms. The first kappa shape index (κ1) is 15.9. The zero-order valence-corrected chi connectivity index (χ0v) is 13.1. The van der Waals surface area contributed by atoms with Gasteiger partial charge >= 0.3 is 0 Å². The third-order valence-corrected chi connectivity index (χ3v) is 5.27. The molecule has 6 nitrogen and oxygen atoms in total. The van der Waals surface area contributed by atoms with Gasteiger partial charge in [0.25, 0.3) is 0 Å². The molecule has 1 aromatic rings. The molecule has 1 atom stereocenters. The van der Waals surface area contributed by atoms with Crippen LogP contribution in [-0.2, 0) is 14.6 Å². The van der Waals surface area contributed by atoms with Crippen molar-refractivity contribution in [1.82, 2.24) is 5.32 Å². The second kappa shape index (κ2) is 6.53. The second-order valence-electron chi connectivity index (χ2n) is 4.87. The Labute approximate surface area is 128 Å². The summed E-state index contributed by atoms with van der Waals surface area (Å²) in [5.74, 6) is 0.471. The van der Waals surface area contributed by atoms with Gasteiger partial charge in [-0.1, -0.05) is 11.6 Å². The number of carbonyl (C=O) groups excluding carboxylic acids is 1. The number of halogens is 1. The maximum Gasteiger partial charge on any atom is 0.239 e. The van der Waals surface area contributed by atoms with Gasteiger partial charge in [0.2, 0.25) is 5.91 Å². The number of hydrogen-bond donors (Lipinski definition) is 2. The molecule has 1 unspecified atom stereocenters. The lowest BCUT2D eigenvalue weighted by Gasteiger charge is -2.12. The van der Waals surface area contributed by atoms with Crippen molar-refractivity contribution in [2.75, 3.05) is 30.5 Å². The lowest BCUT2D eigenvalue weighted by molar-refractivity contribution is -0.119. The lowest BCUT2D eigenvalue weighted by atomic mass is 10.2. The van der Waals surface area contributed by atoms with Gasteiger partial charge in [-0.3, -0.25) is 4.79 Å². The fourth-order valence-electron chi connectivity index (χ4n) is 2.15. The highest BCUT2D eigenvalue weighted by atomic mass is 35.5. The van der Waals surface area contributed by atoms with Crippen LogP contribution >= 0.6 is 11.6 Å². The topological polar surface area (TPSA) is 84.5 Å². The molecule has 1 aliphatic rings. The maximum atomic E-state index is 11.8. The first-order valence-electron chi connectivity index (χ1n) is 6.47. The van der Waals surface area contributed by atoms with Crippen LogP contribution in [0.5, 0.6) is 5.75 Å². The molecule has 0 bridgehead atoms. The zero-order valence-electron chi connectivity index (χ0n) is 11.6. The molecular formula is C13H17ClN2O4S. The van der Waals surface area contributed by atoms with Crippen LogP contribution in [0.25, 0.3) is 0 Å². The van der Waals surface area contributed by atoms with E-state index >= 15 is 0 Å². The third kappa shape index (κ3) is 4.50. The number of benzene rings is 1. The smallest absolute Gasteiger partial charge is 0.239 e. The fraction of sp³-hybridized carbons (Fsp3) is 0.462. The number of nitrogens with one attached hydrogen (secondary N) is 2. The molecule has 2 N–H and O–H groups in total. The molecular weight excluding hydrogens is 316 g/mol. The van der Waals surface area contributed by atoms with E-state index < -0.39 is 9.84 Å². The van der Waals surface area contributed by atoms with Crippen molar-refractivity contribution >= 4 is 33.0 Å². The highest BCUT2D eigenvalue weighted by Crippen LogP contribution is 2.26. The van der Waals surface area contributed by atoms with E-state index in [4.69, 9.17) is 16.3 Å². The average Bonchev–Trinajstić information content (AvgIpc) is 2.75. The number of methoxy groups -OCH3 is 1. The average molecular weight is 333 g/mol. The van der Waals surface area contributed by atoms with Gasteiger partial charge in [-0.05, 0) is 24.6 Å². The first-order chi connectivity index (χ1) is 9.89. The Balaban J connectivity index is 1.83. The van der Waals surface area contributed by atoms with Crippen molar-refractivity contribution in [2.45, 2.75) is 12.5 Å². The van der Waals surface area contributed by atoms with Crippen molar-refractivity contribution < 1.29 is 17.9 Å². The highest BCUT2D eigenvalue weighted by molar-refractivity contribution is 7.91. The van der Waals surface area contributed by atoms with Crippen LogP contribution in [0.3, 0.4) is 0 Å². The van der Waals surface area contributed by atoms with Crippen molar-refractivity contribution in [2.24, 2.45) is 0 Å². The molecule has 116 valence electrons. The molecule has 1 saturated heterocycles. The van der Waals surface area contributed by atoms with Gasteiger partial charge in [-0.2, -0.15) is 0 Å². The van der Waals surface area contributed by atoms with Gasteiger partial charge in [0.15, 0.2) is 9.84 Å². The van der Waals surface area contributed by atoms with Crippen molar-refractivity contribution in [3.63, 3.8) is 0 Å². The Bertz CT molecular complexity index is 633. The van der Waals surface area contributed by atoms with Crippen molar-refractivity contribution in [3.05, 3.63) is 23.2 Å². The predicted molar refractivity (Wildman–Crippen MR) is 81.7 cm³/mol. The minimum Gasteiger partial charge on any atom is -0.495 e. The Morgan fingerprint density at radius 3 is 2.81 bits per heavy atom. The highest BCUT2D eigenvalue weighted by Gasteiger charge is 2.28. The van der Waals surface area contributed by atoms with Crippen LogP contribution in [0.1, 0.15) is 6.42 Å². The molecule has 2 rings (SSSR count). The number of carbonyl (C=O) groups is 1. The molecule has 1 aromatic carbocycles. The van der Waals surface area contributed by atoms with E-state index in [1.54, 1.807) is 18.2 Å². The van der Waals surface area contributed by atoms with Gasteiger partial charge in [0.1, 0.15) is 5.75 Å². The van der Waals surface area contributed by atoms with Crippen molar-refractivity contribution in [1.29, 1.82) is 0 Å².